The minimum atomic E-state index is -0.149. The third kappa shape index (κ3) is 4.88. The zero-order valence-corrected chi connectivity index (χ0v) is 21.6. The second-order valence-electron chi connectivity index (χ2n) is 10.7. The Balaban J connectivity index is 1.23. The normalized spacial score (nSPS) is 23.5. The van der Waals surface area contributed by atoms with Gasteiger partial charge in [0.15, 0.2) is 11.6 Å². The van der Waals surface area contributed by atoms with E-state index >= 15 is 0 Å². The summed E-state index contributed by atoms with van der Waals surface area (Å²) in [6.45, 7) is 4.56. The number of aromatic nitrogens is 1. The lowest BCUT2D eigenvalue weighted by Gasteiger charge is -2.35. The summed E-state index contributed by atoms with van der Waals surface area (Å²) in [6, 6.07) is 9.68. The van der Waals surface area contributed by atoms with Gasteiger partial charge >= 0.3 is 0 Å². The summed E-state index contributed by atoms with van der Waals surface area (Å²) in [4.78, 5) is 24.0. The molecule has 2 aliphatic heterocycles. The van der Waals surface area contributed by atoms with Gasteiger partial charge in [0, 0.05) is 37.6 Å². The number of nitrogens with zero attached hydrogens (tertiary/aromatic N) is 3. The van der Waals surface area contributed by atoms with E-state index in [1.165, 1.54) is 44.1 Å². The number of fused-ring (bicyclic) bond motifs is 1. The second-order valence-corrected chi connectivity index (χ2v) is 11.7. The zero-order valence-electron chi connectivity index (χ0n) is 20.8. The van der Waals surface area contributed by atoms with E-state index in [9.17, 15) is 4.79 Å². The summed E-state index contributed by atoms with van der Waals surface area (Å²) < 4.78 is 8.74. The van der Waals surface area contributed by atoms with Crippen LogP contribution in [0.15, 0.2) is 35.2 Å². The minimum absolute atomic E-state index is 0.0874. The third-order valence-electron chi connectivity index (χ3n) is 8.32. The Bertz CT molecular complexity index is 1120. The molecule has 2 aliphatic carbocycles. The van der Waals surface area contributed by atoms with Crippen LogP contribution in [0.25, 0.3) is 0 Å². The number of carbonyl (C=O) groups is 1. The molecule has 2 saturated carbocycles. The van der Waals surface area contributed by atoms with Gasteiger partial charge in [-0.05, 0) is 91.6 Å². The lowest BCUT2D eigenvalue weighted by Crippen LogP contribution is -2.35. The first-order valence-electron chi connectivity index (χ1n) is 13.1. The first-order chi connectivity index (χ1) is 17.6. The Hall–Kier alpha value is -2.49. The number of methoxy groups -OCH3 is 1. The summed E-state index contributed by atoms with van der Waals surface area (Å²) >= 11 is 1.48. The van der Waals surface area contributed by atoms with Crippen LogP contribution >= 0.6 is 11.9 Å². The number of rotatable bonds is 9. The van der Waals surface area contributed by atoms with Crippen molar-refractivity contribution in [2.24, 2.45) is 17.3 Å². The van der Waals surface area contributed by atoms with Crippen molar-refractivity contribution >= 4 is 35.2 Å². The van der Waals surface area contributed by atoms with Gasteiger partial charge < -0.3 is 25.0 Å². The second kappa shape index (κ2) is 9.76. The maximum atomic E-state index is 13.6. The molecule has 1 spiro atoms. The Morgan fingerprint density at radius 1 is 1.14 bits per heavy atom. The van der Waals surface area contributed by atoms with E-state index in [4.69, 9.17) is 14.8 Å². The van der Waals surface area contributed by atoms with Crippen molar-refractivity contribution in [3.63, 3.8) is 0 Å². The van der Waals surface area contributed by atoms with Crippen LogP contribution in [-0.4, -0.2) is 62.4 Å². The van der Waals surface area contributed by atoms with Crippen molar-refractivity contribution in [1.82, 2.24) is 9.71 Å². The van der Waals surface area contributed by atoms with Crippen molar-refractivity contribution in [3.05, 3.63) is 35.9 Å². The summed E-state index contributed by atoms with van der Waals surface area (Å²) in [5.41, 5.74) is 2.19. The van der Waals surface area contributed by atoms with Crippen molar-refractivity contribution in [3.8, 4) is 5.75 Å². The predicted octanol–water partition coefficient (Wildman–Crippen LogP) is 3.77. The molecule has 4 fully saturated rings. The van der Waals surface area contributed by atoms with E-state index < -0.39 is 0 Å². The fraction of sp³-hybridized carbons (Fsp3) is 0.556. The van der Waals surface area contributed by atoms with Crippen molar-refractivity contribution in [2.75, 3.05) is 61.6 Å². The molecule has 192 valence electrons. The molecule has 3 N–H and O–H groups in total. The molecular weight excluding hydrogens is 474 g/mol. The Morgan fingerprint density at radius 2 is 1.92 bits per heavy atom. The summed E-state index contributed by atoms with van der Waals surface area (Å²) in [7, 11) is 1.67. The smallest absolute Gasteiger partial charge is 0.258 e. The average Bonchev–Trinajstić information content (AvgIpc) is 3.81. The number of anilines is 3. The van der Waals surface area contributed by atoms with Crippen molar-refractivity contribution < 1.29 is 14.6 Å². The van der Waals surface area contributed by atoms with Gasteiger partial charge in [0.25, 0.3) is 5.91 Å². The molecule has 6 rings (SSSR count). The number of ether oxygens (including phenoxy) is 1. The van der Waals surface area contributed by atoms with Gasteiger partial charge in [-0.2, -0.15) is 0 Å². The van der Waals surface area contributed by atoms with Crippen LogP contribution < -0.4 is 24.6 Å². The number of benzene rings is 1. The number of aliphatic hydroxyl groups excluding tert-OH is 1. The zero-order chi connectivity index (χ0) is 24.7. The first kappa shape index (κ1) is 23.9. The molecule has 2 aromatic rings. The SMILES string of the molecule is COc1ccc(NC(=O)c2ccc(SNCCO)cc2N2CCC3(CC2)CC3)nc1N1CC2CC2C1. The lowest BCUT2D eigenvalue weighted by molar-refractivity contribution is 0.102. The van der Waals surface area contributed by atoms with Crippen LogP contribution in [0.2, 0.25) is 0 Å². The number of nitrogens with one attached hydrogen (secondary N) is 2. The van der Waals surface area contributed by atoms with Gasteiger partial charge in [-0.15, -0.1) is 0 Å². The topological polar surface area (TPSA) is 90.0 Å². The largest absolute Gasteiger partial charge is 0.493 e. The van der Waals surface area contributed by atoms with Crippen LogP contribution in [0.3, 0.4) is 0 Å². The number of hydrogen-bond donors (Lipinski definition) is 3. The molecule has 1 amide bonds. The van der Waals surface area contributed by atoms with Gasteiger partial charge in [-0.1, -0.05) is 0 Å². The number of carbonyl (C=O) groups excluding carboxylic acids is 1. The highest BCUT2D eigenvalue weighted by atomic mass is 32.2. The van der Waals surface area contributed by atoms with Gasteiger partial charge in [0.1, 0.15) is 5.82 Å². The maximum Gasteiger partial charge on any atom is 0.258 e. The molecule has 0 radical (unpaired) electrons. The van der Waals surface area contributed by atoms with Crippen LogP contribution in [-0.2, 0) is 0 Å². The molecule has 1 aromatic heterocycles. The predicted molar refractivity (Wildman–Crippen MR) is 143 cm³/mol. The third-order valence-corrected chi connectivity index (χ3v) is 9.16. The maximum absolute atomic E-state index is 13.6. The molecule has 2 saturated heterocycles. The van der Waals surface area contributed by atoms with E-state index in [1.807, 2.05) is 24.3 Å². The molecule has 2 unspecified atom stereocenters. The number of aliphatic hydroxyl groups is 1. The van der Waals surface area contributed by atoms with Crippen molar-refractivity contribution in [2.45, 2.75) is 37.0 Å². The standard InChI is InChI=1S/C27H35N5O3S/c1-35-23-4-5-24(29-25(23)32-16-18-14-19(18)17-32)30-26(34)21-3-2-20(36-28-10-13-33)15-22(21)31-11-8-27(6-7-27)9-12-31/h2-5,15,18-19,28,33H,6-14,16-17H2,1H3,(H,29,30,34). The quantitative estimate of drug-likeness (QED) is 0.348. The van der Waals surface area contributed by atoms with Crippen LogP contribution in [0.4, 0.5) is 17.3 Å². The molecule has 8 nitrogen and oxygen atoms in total. The van der Waals surface area contributed by atoms with Gasteiger partial charge in [-0.3, -0.25) is 9.52 Å². The Labute approximate surface area is 216 Å². The molecule has 4 aliphatic rings. The van der Waals surface area contributed by atoms with E-state index in [0.29, 0.717) is 23.3 Å². The van der Waals surface area contributed by atoms with Gasteiger partial charge in [-0.25, -0.2) is 4.98 Å². The number of pyridine rings is 1. The Morgan fingerprint density at radius 3 is 2.61 bits per heavy atom. The van der Waals surface area contributed by atoms with Gasteiger partial charge in [0.2, 0.25) is 0 Å². The molecule has 0 bridgehead atoms. The highest BCUT2D eigenvalue weighted by Crippen LogP contribution is 2.54. The Kier molecular flexibility index (Phi) is 6.47. The number of hydrogen-bond acceptors (Lipinski definition) is 8. The fourth-order valence-corrected chi connectivity index (χ4v) is 6.42. The monoisotopic (exact) mass is 509 g/mol. The summed E-state index contributed by atoms with van der Waals surface area (Å²) in [6.07, 6.45) is 6.39. The van der Waals surface area contributed by atoms with E-state index in [-0.39, 0.29) is 12.5 Å². The molecule has 9 heteroatoms. The van der Waals surface area contributed by atoms with Crippen molar-refractivity contribution in [1.29, 1.82) is 0 Å². The van der Waals surface area contributed by atoms with Crippen LogP contribution in [0.1, 0.15) is 42.5 Å². The average molecular weight is 510 g/mol. The van der Waals surface area contributed by atoms with E-state index in [2.05, 4.69) is 25.9 Å². The molecule has 2 atom stereocenters. The molecule has 36 heavy (non-hydrogen) atoms. The molecule has 1 aromatic carbocycles. The minimum Gasteiger partial charge on any atom is -0.493 e. The molecule has 3 heterocycles. The fourth-order valence-electron chi connectivity index (χ4n) is 5.75. The van der Waals surface area contributed by atoms with Gasteiger partial charge in [0.05, 0.1) is 25.0 Å². The van der Waals surface area contributed by atoms with Crippen LogP contribution in [0.5, 0.6) is 5.75 Å². The van der Waals surface area contributed by atoms with E-state index in [0.717, 1.165) is 60.2 Å². The summed E-state index contributed by atoms with van der Waals surface area (Å²) in [5, 5.41) is 12.2. The summed E-state index contributed by atoms with van der Waals surface area (Å²) in [5.74, 6) is 3.51. The number of piperidine rings is 2. The highest BCUT2D eigenvalue weighted by Gasteiger charge is 2.46. The molecular formula is C27H35N5O3S. The first-order valence-corrected chi connectivity index (χ1v) is 13.9. The van der Waals surface area contributed by atoms with E-state index in [1.54, 1.807) is 7.11 Å². The van der Waals surface area contributed by atoms with Crippen LogP contribution in [0, 0.1) is 17.3 Å². The number of amides is 1. The lowest BCUT2D eigenvalue weighted by atomic mass is 9.93. The highest BCUT2D eigenvalue weighted by molar-refractivity contribution is 7.97.